The molecule has 3 rings (SSSR count). The zero-order valence-corrected chi connectivity index (χ0v) is 17.5. The van der Waals surface area contributed by atoms with Crippen LogP contribution in [0, 0.1) is 13.8 Å². The summed E-state index contributed by atoms with van der Waals surface area (Å²) in [5, 5.41) is 0. The monoisotopic (exact) mass is 406 g/mol. The summed E-state index contributed by atoms with van der Waals surface area (Å²) in [6.07, 6.45) is 0.987. The van der Waals surface area contributed by atoms with Gasteiger partial charge in [-0.1, -0.05) is 6.07 Å². The highest BCUT2D eigenvalue weighted by molar-refractivity contribution is 7.89. The lowest BCUT2D eigenvalue weighted by Gasteiger charge is -2.31. The van der Waals surface area contributed by atoms with E-state index in [1.54, 1.807) is 23.7 Å². The SMILES string of the molecule is COc1ccc(C)cc1S(=O)(=O)N1CCC(Oc2cc(C)n(C)c(=O)c2)CC1. The van der Waals surface area contributed by atoms with Crippen LogP contribution in [-0.4, -0.2) is 43.6 Å². The minimum Gasteiger partial charge on any atom is -0.495 e. The lowest BCUT2D eigenvalue weighted by molar-refractivity contribution is 0.134. The molecule has 0 saturated carbocycles. The van der Waals surface area contributed by atoms with Crippen LogP contribution in [0.5, 0.6) is 11.5 Å². The number of ether oxygens (including phenoxy) is 2. The van der Waals surface area contributed by atoms with Gasteiger partial charge in [0, 0.05) is 31.9 Å². The number of piperidine rings is 1. The molecular formula is C20H26N2O5S. The number of sulfonamides is 1. The van der Waals surface area contributed by atoms with E-state index in [0.717, 1.165) is 11.3 Å². The molecule has 1 saturated heterocycles. The average molecular weight is 407 g/mol. The van der Waals surface area contributed by atoms with Gasteiger partial charge in [0.25, 0.3) is 5.56 Å². The molecule has 0 amide bonds. The largest absolute Gasteiger partial charge is 0.495 e. The fourth-order valence-electron chi connectivity index (χ4n) is 3.31. The van der Waals surface area contributed by atoms with Crippen molar-refractivity contribution in [1.29, 1.82) is 0 Å². The quantitative estimate of drug-likeness (QED) is 0.761. The van der Waals surface area contributed by atoms with Gasteiger partial charge in [0.1, 0.15) is 22.5 Å². The molecule has 2 aromatic rings. The highest BCUT2D eigenvalue weighted by Gasteiger charge is 2.32. The highest BCUT2D eigenvalue weighted by atomic mass is 32.2. The molecule has 1 fully saturated rings. The summed E-state index contributed by atoms with van der Waals surface area (Å²) < 4.78 is 40.4. The Balaban J connectivity index is 1.71. The molecule has 1 aromatic heterocycles. The van der Waals surface area contributed by atoms with Crippen molar-refractivity contribution in [2.45, 2.75) is 37.7 Å². The lowest BCUT2D eigenvalue weighted by Crippen LogP contribution is -2.41. The molecule has 1 aromatic carbocycles. The van der Waals surface area contributed by atoms with Crippen molar-refractivity contribution in [2.24, 2.45) is 7.05 Å². The molecule has 0 unspecified atom stereocenters. The van der Waals surface area contributed by atoms with Gasteiger partial charge in [-0.2, -0.15) is 4.31 Å². The summed E-state index contributed by atoms with van der Waals surface area (Å²) in [7, 11) is -0.462. The molecule has 0 bridgehead atoms. The van der Waals surface area contributed by atoms with Crippen molar-refractivity contribution < 1.29 is 17.9 Å². The first-order valence-electron chi connectivity index (χ1n) is 9.21. The van der Waals surface area contributed by atoms with Crippen LogP contribution in [0.4, 0.5) is 0 Å². The number of hydrogen-bond donors (Lipinski definition) is 0. The van der Waals surface area contributed by atoms with Gasteiger partial charge in [-0.15, -0.1) is 0 Å². The molecule has 0 spiro atoms. The molecule has 1 aliphatic heterocycles. The number of rotatable bonds is 5. The van der Waals surface area contributed by atoms with Gasteiger partial charge in [-0.25, -0.2) is 8.42 Å². The molecule has 0 radical (unpaired) electrons. The van der Waals surface area contributed by atoms with Crippen molar-refractivity contribution in [3.8, 4) is 11.5 Å². The number of aryl methyl sites for hydroxylation is 2. The fourth-order valence-corrected chi connectivity index (χ4v) is 5.02. The highest BCUT2D eigenvalue weighted by Crippen LogP contribution is 2.30. The molecule has 8 heteroatoms. The van der Waals surface area contributed by atoms with Crippen LogP contribution >= 0.6 is 0 Å². The molecule has 2 heterocycles. The van der Waals surface area contributed by atoms with E-state index in [0.29, 0.717) is 37.4 Å². The number of methoxy groups -OCH3 is 1. The second kappa shape index (κ2) is 7.97. The van der Waals surface area contributed by atoms with E-state index in [9.17, 15) is 13.2 Å². The summed E-state index contributed by atoms with van der Waals surface area (Å²) in [6, 6.07) is 8.43. The normalized spacial score (nSPS) is 16.1. The van der Waals surface area contributed by atoms with E-state index in [2.05, 4.69) is 0 Å². The zero-order valence-electron chi connectivity index (χ0n) is 16.6. The van der Waals surface area contributed by atoms with Gasteiger partial charge in [0.2, 0.25) is 10.0 Å². The topological polar surface area (TPSA) is 77.8 Å². The molecule has 7 nitrogen and oxygen atoms in total. The van der Waals surface area contributed by atoms with Crippen LogP contribution in [-0.2, 0) is 17.1 Å². The Morgan fingerprint density at radius 2 is 1.75 bits per heavy atom. The van der Waals surface area contributed by atoms with Crippen molar-refractivity contribution in [3.05, 3.63) is 51.9 Å². The van der Waals surface area contributed by atoms with E-state index in [-0.39, 0.29) is 16.6 Å². The lowest BCUT2D eigenvalue weighted by atomic mass is 10.1. The van der Waals surface area contributed by atoms with Crippen LogP contribution < -0.4 is 15.0 Å². The van der Waals surface area contributed by atoms with E-state index >= 15 is 0 Å². The standard InChI is InChI=1S/C20H26N2O5S/c1-14-5-6-18(26-4)19(11-14)28(24,25)22-9-7-16(8-10-22)27-17-12-15(2)21(3)20(23)13-17/h5-6,11-13,16H,7-10H2,1-4H3. The van der Waals surface area contributed by atoms with Crippen LogP contribution in [0.1, 0.15) is 24.1 Å². The molecular weight excluding hydrogens is 380 g/mol. The maximum absolute atomic E-state index is 13.1. The predicted molar refractivity (Wildman–Crippen MR) is 107 cm³/mol. The number of nitrogens with zero attached hydrogens (tertiary/aromatic N) is 2. The third-order valence-corrected chi connectivity index (χ3v) is 7.04. The Hall–Kier alpha value is -2.32. The molecule has 0 atom stereocenters. The summed E-state index contributed by atoms with van der Waals surface area (Å²) in [5.41, 5.74) is 1.55. The van der Waals surface area contributed by atoms with Gasteiger partial charge in [0.15, 0.2) is 0 Å². The Kier molecular flexibility index (Phi) is 5.81. The van der Waals surface area contributed by atoms with Crippen molar-refractivity contribution >= 4 is 10.0 Å². The molecule has 28 heavy (non-hydrogen) atoms. The van der Waals surface area contributed by atoms with E-state index in [1.807, 2.05) is 26.0 Å². The molecule has 1 aliphatic rings. The van der Waals surface area contributed by atoms with Gasteiger partial charge < -0.3 is 14.0 Å². The van der Waals surface area contributed by atoms with Crippen molar-refractivity contribution in [3.63, 3.8) is 0 Å². The summed E-state index contributed by atoms with van der Waals surface area (Å²) in [5.74, 6) is 0.877. The molecule has 0 aliphatic carbocycles. The second-order valence-corrected chi connectivity index (χ2v) is 9.01. The molecule has 0 N–H and O–H groups in total. The predicted octanol–water partition coefficient (Wildman–Crippen LogP) is 2.24. The van der Waals surface area contributed by atoms with Crippen LogP contribution in [0.3, 0.4) is 0 Å². The van der Waals surface area contributed by atoms with E-state index < -0.39 is 10.0 Å². The fraction of sp³-hybridized carbons (Fsp3) is 0.450. The first-order valence-corrected chi connectivity index (χ1v) is 10.7. The van der Waals surface area contributed by atoms with Crippen molar-refractivity contribution in [1.82, 2.24) is 8.87 Å². The van der Waals surface area contributed by atoms with Crippen molar-refractivity contribution in [2.75, 3.05) is 20.2 Å². The summed E-state index contributed by atoms with van der Waals surface area (Å²) in [4.78, 5) is 12.1. The third-order valence-electron chi connectivity index (χ3n) is 5.12. The Morgan fingerprint density at radius 1 is 1.07 bits per heavy atom. The molecule has 152 valence electrons. The maximum Gasteiger partial charge on any atom is 0.254 e. The number of aromatic nitrogens is 1. The first-order chi connectivity index (χ1) is 13.2. The summed E-state index contributed by atoms with van der Waals surface area (Å²) in [6.45, 7) is 4.41. The first kappa shape index (κ1) is 20.4. The number of pyridine rings is 1. The van der Waals surface area contributed by atoms with Gasteiger partial charge in [-0.05, 0) is 50.5 Å². The summed E-state index contributed by atoms with van der Waals surface area (Å²) >= 11 is 0. The minimum atomic E-state index is -3.64. The van der Waals surface area contributed by atoms with E-state index in [4.69, 9.17) is 9.47 Å². The second-order valence-electron chi connectivity index (χ2n) is 7.11. The van der Waals surface area contributed by atoms with Crippen LogP contribution in [0.15, 0.2) is 40.0 Å². The van der Waals surface area contributed by atoms with Gasteiger partial charge >= 0.3 is 0 Å². The van der Waals surface area contributed by atoms with Gasteiger partial charge in [0.05, 0.1) is 7.11 Å². The minimum absolute atomic E-state index is 0.124. The van der Waals surface area contributed by atoms with Crippen LogP contribution in [0.25, 0.3) is 0 Å². The third kappa shape index (κ3) is 4.07. The van der Waals surface area contributed by atoms with Crippen LogP contribution in [0.2, 0.25) is 0 Å². The maximum atomic E-state index is 13.1. The Morgan fingerprint density at radius 3 is 2.36 bits per heavy atom. The average Bonchev–Trinajstić information content (AvgIpc) is 2.66. The smallest absolute Gasteiger partial charge is 0.254 e. The Labute approximate surface area is 165 Å². The zero-order chi connectivity index (χ0) is 20.5. The van der Waals surface area contributed by atoms with E-state index in [1.165, 1.54) is 17.5 Å². The number of benzene rings is 1. The Bertz CT molecular complexity index is 1020. The number of hydrogen-bond acceptors (Lipinski definition) is 5. The van der Waals surface area contributed by atoms with Gasteiger partial charge in [-0.3, -0.25) is 4.79 Å².